The maximum atomic E-state index is 15.7. The van der Waals surface area contributed by atoms with Gasteiger partial charge in [0.05, 0.1) is 17.1 Å². The van der Waals surface area contributed by atoms with Crippen LogP contribution in [-0.2, 0) is 21.4 Å². The van der Waals surface area contributed by atoms with Crippen molar-refractivity contribution >= 4 is 39.3 Å². The van der Waals surface area contributed by atoms with Gasteiger partial charge < -0.3 is 4.52 Å². The van der Waals surface area contributed by atoms with E-state index in [0.29, 0.717) is 23.2 Å². The molecule has 212 valence electrons. The number of aliphatic imine (C=N–C) groups is 1. The third-order valence-corrected chi connectivity index (χ3v) is 9.54. The number of aryl methyl sites for hydroxylation is 1. The molecule has 5 rings (SSSR count). The molecule has 1 spiro atoms. The van der Waals surface area contributed by atoms with E-state index in [-0.39, 0.29) is 39.4 Å². The van der Waals surface area contributed by atoms with E-state index in [0.717, 1.165) is 44.4 Å². The second-order valence-electron chi connectivity index (χ2n) is 10.5. The first-order valence-corrected chi connectivity index (χ1v) is 15.4. The topological polar surface area (TPSA) is 105 Å². The summed E-state index contributed by atoms with van der Waals surface area (Å²) >= 11 is 6.67. The molecule has 1 aliphatic heterocycles. The minimum atomic E-state index is -4.16. The number of amidine groups is 1. The van der Waals surface area contributed by atoms with E-state index >= 15 is 4.39 Å². The third-order valence-electron chi connectivity index (χ3n) is 7.80. The van der Waals surface area contributed by atoms with Gasteiger partial charge in [0.2, 0.25) is 5.88 Å². The fourth-order valence-electron chi connectivity index (χ4n) is 5.39. The summed E-state index contributed by atoms with van der Waals surface area (Å²) in [5.41, 5.74) is 1.01. The number of carbonyl (C=O) groups excluding carboxylic acids is 1. The smallest absolute Gasteiger partial charge is 0.264 e. The quantitative estimate of drug-likeness (QED) is 0.297. The summed E-state index contributed by atoms with van der Waals surface area (Å²) in [5, 5.41) is 4.02. The van der Waals surface area contributed by atoms with E-state index in [9.17, 15) is 13.2 Å². The highest BCUT2D eigenvalue weighted by Gasteiger charge is 2.49. The van der Waals surface area contributed by atoms with Gasteiger partial charge in [-0.3, -0.25) is 14.7 Å². The third kappa shape index (κ3) is 5.14. The number of aromatic nitrogens is 1. The number of unbranched alkanes of at least 4 members (excludes halogenated alkanes) is 1. The zero-order chi connectivity index (χ0) is 28.7. The van der Waals surface area contributed by atoms with Gasteiger partial charge in [-0.25, -0.2) is 17.5 Å². The lowest BCUT2D eigenvalue weighted by atomic mass is 9.98. The zero-order valence-corrected chi connectivity index (χ0v) is 24.3. The summed E-state index contributed by atoms with van der Waals surface area (Å²) in [4.78, 5) is 19.9. The Balaban J connectivity index is 1.47. The van der Waals surface area contributed by atoms with Crippen molar-refractivity contribution in [3.8, 4) is 11.1 Å². The number of sulfonamides is 1. The Hall–Kier alpha value is -3.24. The molecule has 40 heavy (non-hydrogen) atoms. The molecule has 11 heteroatoms. The van der Waals surface area contributed by atoms with Crippen molar-refractivity contribution in [3.05, 3.63) is 64.1 Å². The minimum Gasteiger partial charge on any atom is -0.337 e. The van der Waals surface area contributed by atoms with Crippen LogP contribution in [0.3, 0.4) is 0 Å². The van der Waals surface area contributed by atoms with E-state index in [1.807, 2.05) is 0 Å². The number of hydrogen-bond acceptors (Lipinski definition) is 6. The van der Waals surface area contributed by atoms with Crippen molar-refractivity contribution in [3.63, 3.8) is 0 Å². The Morgan fingerprint density at radius 3 is 2.55 bits per heavy atom. The fraction of sp³-hybridized carbons (Fsp3) is 0.414. The molecule has 0 radical (unpaired) electrons. The first kappa shape index (κ1) is 28.3. The van der Waals surface area contributed by atoms with E-state index in [2.05, 4.69) is 16.8 Å². The molecule has 0 bridgehead atoms. The van der Waals surface area contributed by atoms with Crippen LogP contribution in [0.1, 0.15) is 68.7 Å². The first-order chi connectivity index (χ1) is 19.1. The number of carbonyl (C=O) groups is 1. The van der Waals surface area contributed by atoms with Crippen molar-refractivity contribution in [2.24, 2.45) is 4.99 Å². The van der Waals surface area contributed by atoms with Crippen LogP contribution in [0.5, 0.6) is 0 Å². The Labute approximate surface area is 238 Å². The predicted molar refractivity (Wildman–Crippen MR) is 152 cm³/mol. The highest BCUT2D eigenvalue weighted by atomic mass is 35.5. The van der Waals surface area contributed by atoms with Crippen molar-refractivity contribution < 1.29 is 22.1 Å². The molecule has 1 saturated carbocycles. The number of hydrogen-bond donors (Lipinski definition) is 1. The van der Waals surface area contributed by atoms with Gasteiger partial charge in [-0.2, -0.15) is 0 Å². The summed E-state index contributed by atoms with van der Waals surface area (Å²) in [6.07, 6.45) is 5.90. The molecule has 0 saturated heterocycles. The van der Waals surface area contributed by atoms with Crippen LogP contribution in [-0.4, -0.2) is 35.8 Å². The number of nitrogens with one attached hydrogen (secondary N) is 1. The number of benzene rings is 2. The molecule has 1 aliphatic carbocycles. The van der Waals surface area contributed by atoms with Crippen LogP contribution in [0, 0.1) is 19.7 Å². The maximum absolute atomic E-state index is 15.7. The van der Waals surface area contributed by atoms with Gasteiger partial charge in [0.15, 0.2) is 0 Å². The maximum Gasteiger partial charge on any atom is 0.264 e. The van der Waals surface area contributed by atoms with Gasteiger partial charge in [-0.1, -0.05) is 61.1 Å². The van der Waals surface area contributed by atoms with E-state index in [1.54, 1.807) is 30.9 Å². The van der Waals surface area contributed by atoms with Crippen LogP contribution >= 0.6 is 11.6 Å². The largest absolute Gasteiger partial charge is 0.337 e. The molecule has 0 unspecified atom stereocenters. The van der Waals surface area contributed by atoms with Crippen molar-refractivity contribution in [2.45, 2.75) is 82.7 Å². The van der Waals surface area contributed by atoms with Crippen molar-refractivity contribution in [2.75, 3.05) is 4.72 Å². The first-order valence-electron chi connectivity index (χ1n) is 13.5. The Morgan fingerprint density at radius 2 is 1.88 bits per heavy atom. The van der Waals surface area contributed by atoms with E-state index in [1.165, 1.54) is 24.3 Å². The molecule has 2 aromatic carbocycles. The van der Waals surface area contributed by atoms with Crippen molar-refractivity contribution in [1.29, 1.82) is 0 Å². The van der Waals surface area contributed by atoms with Crippen LogP contribution in [0.4, 0.5) is 10.3 Å². The van der Waals surface area contributed by atoms with Crippen LogP contribution in [0.2, 0.25) is 5.02 Å². The molecular formula is C29H32ClFN4O4S. The van der Waals surface area contributed by atoms with E-state index < -0.39 is 21.4 Å². The number of rotatable bonds is 9. The average Bonchev–Trinajstić information content (AvgIpc) is 3.60. The lowest BCUT2D eigenvalue weighted by Gasteiger charge is -2.23. The molecule has 1 fully saturated rings. The second-order valence-corrected chi connectivity index (χ2v) is 12.6. The molecule has 3 aromatic rings. The number of nitrogens with zero attached hydrogens (tertiary/aromatic N) is 3. The highest BCUT2D eigenvalue weighted by Crippen LogP contribution is 2.41. The Bertz CT molecular complexity index is 1600. The standard InChI is InChI=1S/C29H32ClFN4O4S/c1-4-5-12-26-32-29(13-8-9-14-29)28(36)35(26)17-20-15-24(31)22(16-23(20)30)21-10-6-7-11-25(21)40(37,38)34-27-18(2)19(3)33-39-27/h6-7,10-11,15-16,34H,4-5,8-9,12-14,17H2,1-3H3. The minimum absolute atomic E-state index is 0.00277. The molecule has 2 aliphatic rings. The van der Waals surface area contributed by atoms with Gasteiger partial charge in [0.25, 0.3) is 15.9 Å². The van der Waals surface area contributed by atoms with Gasteiger partial charge in [-0.15, -0.1) is 0 Å². The predicted octanol–water partition coefficient (Wildman–Crippen LogP) is 6.80. The SMILES string of the molecule is CCCCC1=NC2(CCCC2)C(=O)N1Cc1cc(F)c(-c2ccccc2S(=O)(=O)Nc2onc(C)c2C)cc1Cl. The average molecular weight is 587 g/mol. The van der Waals surface area contributed by atoms with Crippen LogP contribution in [0.25, 0.3) is 11.1 Å². The van der Waals surface area contributed by atoms with E-state index in [4.69, 9.17) is 21.1 Å². The van der Waals surface area contributed by atoms with Gasteiger partial charge >= 0.3 is 0 Å². The van der Waals surface area contributed by atoms with Crippen LogP contribution < -0.4 is 4.72 Å². The normalized spacial score (nSPS) is 16.7. The fourth-order valence-corrected chi connectivity index (χ4v) is 6.89. The lowest BCUT2D eigenvalue weighted by Crippen LogP contribution is -2.40. The van der Waals surface area contributed by atoms with Gasteiger partial charge in [0.1, 0.15) is 17.2 Å². The number of anilines is 1. The summed E-state index contributed by atoms with van der Waals surface area (Å²) in [6, 6.07) is 8.78. The Morgan fingerprint density at radius 1 is 1.15 bits per heavy atom. The highest BCUT2D eigenvalue weighted by molar-refractivity contribution is 7.92. The molecular weight excluding hydrogens is 555 g/mol. The summed E-state index contributed by atoms with van der Waals surface area (Å²) in [5.74, 6) is 0.0342. The summed E-state index contributed by atoms with van der Waals surface area (Å²) in [7, 11) is -4.16. The van der Waals surface area contributed by atoms with Crippen molar-refractivity contribution in [1.82, 2.24) is 10.1 Å². The molecule has 8 nitrogen and oxygen atoms in total. The number of halogens is 2. The monoisotopic (exact) mass is 586 g/mol. The second kappa shape index (κ2) is 11.0. The molecule has 1 aromatic heterocycles. The van der Waals surface area contributed by atoms with Crippen LogP contribution in [0.15, 0.2) is 50.8 Å². The summed E-state index contributed by atoms with van der Waals surface area (Å²) in [6.45, 7) is 5.57. The lowest BCUT2D eigenvalue weighted by molar-refractivity contribution is -0.131. The Kier molecular flexibility index (Phi) is 7.76. The van der Waals surface area contributed by atoms with Gasteiger partial charge in [-0.05, 0) is 56.9 Å². The molecule has 2 heterocycles. The summed E-state index contributed by atoms with van der Waals surface area (Å²) < 4.78 is 49.9. The number of amides is 1. The molecule has 0 atom stereocenters. The molecule has 1 amide bonds. The molecule has 1 N–H and O–H groups in total. The van der Waals surface area contributed by atoms with Gasteiger partial charge in [0, 0.05) is 28.1 Å². The zero-order valence-electron chi connectivity index (χ0n) is 22.8.